The summed E-state index contributed by atoms with van der Waals surface area (Å²) >= 11 is 0. The number of hydrogen-bond acceptors (Lipinski definition) is 3. The van der Waals surface area contributed by atoms with Gasteiger partial charge in [-0.25, -0.2) is 0 Å². The first kappa shape index (κ1) is 17.2. The van der Waals surface area contributed by atoms with E-state index in [9.17, 15) is 4.79 Å². The molecule has 1 aromatic heterocycles. The lowest BCUT2D eigenvalue weighted by atomic mass is 9.94. The third kappa shape index (κ3) is 4.31. The second-order valence-electron chi connectivity index (χ2n) is 7.55. The van der Waals surface area contributed by atoms with Crippen molar-refractivity contribution < 1.29 is 4.79 Å². The minimum absolute atomic E-state index is 0.180. The van der Waals surface area contributed by atoms with E-state index in [1.165, 1.54) is 5.56 Å². The van der Waals surface area contributed by atoms with Gasteiger partial charge < -0.3 is 4.90 Å². The molecule has 1 saturated heterocycles. The number of rotatable bonds is 6. The van der Waals surface area contributed by atoms with Crippen molar-refractivity contribution in [2.45, 2.75) is 44.8 Å². The van der Waals surface area contributed by atoms with Crippen LogP contribution < -0.4 is 0 Å². The molecule has 0 N–H and O–H groups in total. The zero-order valence-corrected chi connectivity index (χ0v) is 15.3. The molecule has 4 heteroatoms. The van der Waals surface area contributed by atoms with Crippen molar-refractivity contribution in [1.29, 1.82) is 0 Å². The number of hydrogen-bond donors (Lipinski definition) is 0. The Morgan fingerprint density at radius 3 is 2.38 bits per heavy atom. The molecule has 0 bridgehead atoms. The summed E-state index contributed by atoms with van der Waals surface area (Å²) in [6.07, 6.45) is 6.10. The Labute approximate surface area is 155 Å². The molecule has 0 atom stereocenters. The molecule has 1 aliphatic heterocycles. The fourth-order valence-corrected chi connectivity index (χ4v) is 3.85. The first-order valence-corrected chi connectivity index (χ1v) is 9.76. The van der Waals surface area contributed by atoms with Crippen LogP contribution in [0, 0.1) is 5.92 Å². The summed E-state index contributed by atoms with van der Waals surface area (Å²) in [5.74, 6) is 0.549. The van der Waals surface area contributed by atoms with Crippen LogP contribution >= 0.6 is 0 Å². The molecule has 0 radical (unpaired) electrons. The van der Waals surface area contributed by atoms with E-state index in [0.29, 0.717) is 11.9 Å². The molecule has 4 rings (SSSR count). The number of benzene rings is 1. The molecule has 136 valence electrons. The molecule has 0 unspecified atom stereocenters. The van der Waals surface area contributed by atoms with Gasteiger partial charge in [0.2, 0.25) is 5.91 Å². The lowest BCUT2D eigenvalue weighted by Crippen LogP contribution is -2.43. The van der Waals surface area contributed by atoms with E-state index in [4.69, 9.17) is 0 Å². The summed E-state index contributed by atoms with van der Waals surface area (Å²) in [4.78, 5) is 22.1. The van der Waals surface area contributed by atoms with Crippen LogP contribution in [0.5, 0.6) is 0 Å². The molecule has 2 aliphatic rings. The van der Waals surface area contributed by atoms with Crippen LogP contribution in [0.4, 0.5) is 0 Å². The van der Waals surface area contributed by atoms with Gasteiger partial charge in [-0.15, -0.1) is 0 Å². The van der Waals surface area contributed by atoms with Gasteiger partial charge in [0.1, 0.15) is 0 Å². The molecule has 1 aliphatic carbocycles. The minimum atomic E-state index is 0.180. The number of likely N-dealkylation sites (tertiary alicyclic amines) is 1. The Morgan fingerprint density at radius 2 is 1.73 bits per heavy atom. The van der Waals surface area contributed by atoms with Crippen LogP contribution in [0.2, 0.25) is 0 Å². The van der Waals surface area contributed by atoms with Crippen molar-refractivity contribution in [3.05, 3.63) is 66.0 Å². The third-order valence-electron chi connectivity index (χ3n) is 5.52. The Balaban J connectivity index is 1.33. The molecular formula is C22H27N3O. The van der Waals surface area contributed by atoms with Crippen molar-refractivity contribution in [3.8, 4) is 0 Å². The van der Waals surface area contributed by atoms with Gasteiger partial charge >= 0.3 is 0 Å². The van der Waals surface area contributed by atoms with Crippen LogP contribution in [-0.2, 0) is 17.9 Å². The van der Waals surface area contributed by atoms with Crippen molar-refractivity contribution in [3.63, 3.8) is 0 Å². The van der Waals surface area contributed by atoms with Crippen LogP contribution in [0.25, 0.3) is 0 Å². The van der Waals surface area contributed by atoms with Crippen LogP contribution in [0.3, 0.4) is 0 Å². The fraction of sp³-hybridized carbons (Fsp3) is 0.455. The Morgan fingerprint density at radius 1 is 1.00 bits per heavy atom. The van der Waals surface area contributed by atoms with Gasteiger partial charge in [0, 0.05) is 31.2 Å². The van der Waals surface area contributed by atoms with Crippen molar-refractivity contribution in [1.82, 2.24) is 14.8 Å². The van der Waals surface area contributed by atoms with Gasteiger partial charge in [0.15, 0.2) is 0 Å². The third-order valence-corrected chi connectivity index (χ3v) is 5.52. The van der Waals surface area contributed by atoms with E-state index in [1.54, 1.807) is 0 Å². The second kappa shape index (κ2) is 8.00. The molecule has 4 nitrogen and oxygen atoms in total. The van der Waals surface area contributed by atoms with Crippen LogP contribution in [0.15, 0.2) is 54.7 Å². The highest BCUT2D eigenvalue weighted by Gasteiger charge is 2.36. The van der Waals surface area contributed by atoms with E-state index in [0.717, 1.165) is 57.6 Å². The molecule has 1 aromatic carbocycles. The zero-order chi connectivity index (χ0) is 17.8. The van der Waals surface area contributed by atoms with E-state index in [-0.39, 0.29) is 5.92 Å². The van der Waals surface area contributed by atoms with E-state index >= 15 is 0 Å². The van der Waals surface area contributed by atoms with Crippen molar-refractivity contribution in [2.24, 2.45) is 5.92 Å². The Hall–Kier alpha value is -2.20. The maximum Gasteiger partial charge on any atom is 0.226 e. The van der Waals surface area contributed by atoms with Crippen LogP contribution in [-0.4, -0.2) is 39.8 Å². The molecule has 2 aromatic rings. The molecule has 0 spiro atoms. The predicted molar refractivity (Wildman–Crippen MR) is 102 cm³/mol. The number of pyridine rings is 1. The maximum atomic E-state index is 13.1. The highest BCUT2D eigenvalue weighted by atomic mass is 16.2. The quantitative estimate of drug-likeness (QED) is 0.801. The fourth-order valence-electron chi connectivity index (χ4n) is 3.85. The number of amides is 1. The van der Waals surface area contributed by atoms with Gasteiger partial charge in [-0.3, -0.25) is 14.7 Å². The standard InChI is InChI=1S/C22H27N3O/c26-22(25(21-9-10-21)16-18-6-2-1-3-7-18)19-11-14-24(15-12-19)17-20-8-4-5-13-23-20/h1-8,13,19,21H,9-12,14-17H2. The van der Waals surface area contributed by atoms with Gasteiger partial charge in [0.05, 0.1) is 5.69 Å². The van der Waals surface area contributed by atoms with Crippen molar-refractivity contribution >= 4 is 5.91 Å². The summed E-state index contributed by atoms with van der Waals surface area (Å²) in [6, 6.07) is 16.9. The lowest BCUT2D eigenvalue weighted by molar-refractivity contribution is -0.138. The van der Waals surface area contributed by atoms with Gasteiger partial charge in [-0.2, -0.15) is 0 Å². The Kier molecular flexibility index (Phi) is 5.30. The molecule has 1 amide bonds. The van der Waals surface area contributed by atoms with E-state index in [1.807, 2.05) is 24.4 Å². The summed E-state index contributed by atoms with van der Waals surface area (Å²) in [5, 5.41) is 0. The van der Waals surface area contributed by atoms with Gasteiger partial charge in [-0.1, -0.05) is 36.4 Å². The molecule has 1 saturated carbocycles. The summed E-state index contributed by atoms with van der Waals surface area (Å²) in [5.41, 5.74) is 2.35. The van der Waals surface area contributed by atoms with Gasteiger partial charge in [-0.05, 0) is 56.5 Å². The smallest absolute Gasteiger partial charge is 0.226 e. The summed E-state index contributed by atoms with van der Waals surface area (Å²) in [7, 11) is 0. The maximum absolute atomic E-state index is 13.1. The molecular weight excluding hydrogens is 322 g/mol. The number of aromatic nitrogens is 1. The average molecular weight is 349 g/mol. The highest BCUT2D eigenvalue weighted by Crippen LogP contribution is 2.32. The second-order valence-corrected chi connectivity index (χ2v) is 7.55. The zero-order valence-electron chi connectivity index (χ0n) is 15.3. The van der Waals surface area contributed by atoms with Crippen LogP contribution in [0.1, 0.15) is 36.9 Å². The number of carbonyl (C=O) groups is 1. The average Bonchev–Trinajstić information content (AvgIpc) is 3.53. The monoisotopic (exact) mass is 349 g/mol. The minimum Gasteiger partial charge on any atom is -0.335 e. The van der Waals surface area contributed by atoms with Crippen molar-refractivity contribution in [2.75, 3.05) is 13.1 Å². The number of carbonyl (C=O) groups excluding carboxylic acids is 1. The summed E-state index contributed by atoms with van der Waals surface area (Å²) in [6.45, 7) is 3.62. The number of nitrogens with zero attached hydrogens (tertiary/aromatic N) is 3. The summed E-state index contributed by atoms with van der Waals surface area (Å²) < 4.78 is 0. The lowest BCUT2D eigenvalue weighted by Gasteiger charge is -2.34. The molecule has 2 heterocycles. The van der Waals surface area contributed by atoms with E-state index < -0.39 is 0 Å². The molecule has 2 fully saturated rings. The SMILES string of the molecule is O=C(C1CCN(Cc2ccccn2)CC1)N(Cc1ccccc1)C1CC1. The highest BCUT2D eigenvalue weighted by molar-refractivity contribution is 5.79. The normalized spacial score (nSPS) is 18.6. The van der Waals surface area contributed by atoms with E-state index in [2.05, 4.69) is 45.1 Å². The Bertz CT molecular complexity index is 707. The molecule has 26 heavy (non-hydrogen) atoms. The van der Waals surface area contributed by atoms with Gasteiger partial charge in [0.25, 0.3) is 0 Å². The predicted octanol–water partition coefficient (Wildman–Crippen LogP) is 3.48. The largest absolute Gasteiger partial charge is 0.335 e. The first-order chi connectivity index (χ1) is 12.8. The first-order valence-electron chi connectivity index (χ1n) is 9.76. The number of piperidine rings is 1. The topological polar surface area (TPSA) is 36.4 Å².